The van der Waals surface area contributed by atoms with E-state index in [-0.39, 0.29) is 0 Å². The molecule has 1 aromatic rings. The SMILES string of the molecule is CCCNC(CCc1cnn(CCC)c1)C1CC1. The maximum atomic E-state index is 4.40. The van der Waals surface area contributed by atoms with Gasteiger partial charge in [0.15, 0.2) is 0 Å². The number of aryl methyl sites for hydroxylation is 2. The van der Waals surface area contributed by atoms with Crippen molar-refractivity contribution in [3.05, 3.63) is 18.0 Å². The number of nitrogens with one attached hydrogen (secondary N) is 1. The lowest BCUT2D eigenvalue weighted by atomic mass is 10.0. The van der Waals surface area contributed by atoms with E-state index in [9.17, 15) is 0 Å². The highest BCUT2D eigenvalue weighted by molar-refractivity contribution is 5.05. The second kappa shape index (κ2) is 6.93. The number of rotatable bonds is 9. The Balaban J connectivity index is 1.76. The van der Waals surface area contributed by atoms with Gasteiger partial charge in [-0.2, -0.15) is 5.10 Å². The zero-order valence-electron chi connectivity index (χ0n) is 11.9. The first kappa shape index (κ1) is 13.6. The highest BCUT2D eigenvalue weighted by Gasteiger charge is 2.30. The van der Waals surface area contributed by atoms with Gasteiger partial charge in [0.2, 0.25) is 0 Å². The molecule has 1 aliphatic rings. The van der Waals surface area contributed by atoms with Crippen molar-refractivity contribution >= 4 is 0 Å². The predicted octanol–water partition coefficient (Wildman–Crippen LogP) is 3.00. The van der Waals surface area contributed by atoms with Crippen LogP contribution in [0.4, 0.5) is 0 Å². The molecule has 1 N–H and O–H groups in total. The smallest absolute Gasteiger partial charge is 0.0521 e. The van der Waals surface area contributed by atoms with Crippen LogP contribution in [0.2, 0.25) is 0 Å². The molecule has 102 valence electrons. The Bertz CT molecular complexity index is 341. The summed E-state index contributed by atoms with van der Waals surface area (Å²) >= 11 is 0. The molecular formula is C15H27N3. The minimum Gasteiger partial charge on any atom is -0.314 e. The molecule has 1 fully saturated rings. The molecule has 1 unspecified atom stereocenters. The van der Waals surface area contributed by atoms with Crippen LogP contribution in [0, 0.1) is 5.92 Å². The minimum absolute atomic E-state index is 0.736. The fourth-order valence-corrected chi connectivity index (χ4v) is 2.54. The number of hydrogen-bond acceptors (Lipinski definition) is 2. The molecule has 1 atom stereocenters. The van der Waals surface area contributed by atoms with Gasteiger partial charge in [0.05, 0.1) is 6.20 Å². The first-order valence-electron chi connectivity index (χ1n) is 7.58. The van der Waals surface area contributed by atoms with E-state index < -0.39 is 0 Å². The minimum atomic E-state index is 0.736. The number of nitrogens with zero attached hydrogens (tertiary/aromatic N) is 2. The third-order valence-corrected chi connectivity index (χ3v) is 3.73. The fourth-order valence-electron chi connectivity index (χ4n) is 2.54. The lowest BCUT2D eigenvalue weighted by Gasteiger charge is -2.17. The first-order valence-corrected chi connectivity index (χ1v) is 7.58. The third-order valence-electron chi connectivity index (χ3n) is 3.73. The summed E-state index contributed by atoms with van der Waals surface area (Å²) in [7, 11) is 0. The first-order chi connectivity index (χ1) is 8.83. The van der Waals surface area contributed by atoms with Crippen molar-refractivity contribution in [1.82, 2.24) is 15.1 Å². The predicted molar refractivity (Wildman–Crippen MR) is 75.6 cm³/mol. The van der Waals surface area contributed by atoms with E-state index in [1.807, 2.05) is 6.20 Å². The molecule has 2 rings (SSSR count). The van der Waals surface area contributed by atoms with Crippen LogP contribution in [0.25, 0.3) is 0 Å². The molecule has 1 saturated carbocycles. The lowest BCUT2D eigenvalue weighted by Crippen LogP contribution is -2.32. The Morgan fingerprint density at radius 2 is 2.22 bits per heavy atom. The number of hydrogen-bond donors (Lipinski definition) is 1. The van der Waals surface area contributed by atoms with E-state index in [0.29, 0.717) is 0 Å². The zero-order chi connectivity index (χ0) is 12.8. The van der Waals surface area contributed by atoms with Gasteiger partial charge in [-0.1, -0.05) is 13.8 Å². The molecule has 18 heavy (non-hydrogen) atoms. The van der Waals surface area contributed by atoms with Gasteiger partial charge in [-0.25, -0.2) is 0 Å². The van der Waals surface area contributed by atoms with Gasteiger partial charge in [0.25, 0.3) is 0 Å². The van der Waals surface area contributed by atoms with E-state index >= 15 is 0 Å². The maximum absolute atomic E-state index is 4.40. The van der Waals surface area contributed by atoms with Crippen molar-refractivity contribution in [1.29, 1.82) is 0 Å². The van der Waals surface area contributed by atoms with Crippen molar-refractivity contribution in [3.63, 3.8) is 0 Å². The zero-order valence-corrected chi connectivity index (χ0v) is 11.9. The van der Waals surface area contributed by atoms with E-state index in [1.54, 1.807) is 0 Å². The highest BCUT2D eigenvalue weighted by atomic mass is 15.3. The second-order valence-electron chi connectivity index (χ2n) is 5.55. The Kier molecular flexibility index (Phi) is 5.24. The normalized spacial score (nSPS) is 17.0. The summed E-state index contributed by atoms with van der Waals surface area (Å²) in [6, 6.07) is 0.736. The van der Waals surface area contributed by atoms with Gasteiger partial charge < -0.3 is 5.32 Å². The molecule has 3 heteroatoms. The molecule has 0 saturated heterocycles. The number of aromatic nitrogens is 2. The van der Waals surface area contributed by atoms with Gasteiger partial charge in [-0.3, -0.25) is 4.68 Å². The summed E-state index contributed by atoms with van der Waals surface area (Å²) < 4.78 is 2.07. The summed E-state index contributed by atoms with van der Waals surface area (Å²) in [6.45, 7) is 6.64. The van der Waals surface area contributed by atoms with Crippen molar-refractivity contribution in [2.45, 2.75) is 65.0 Å². The Hall–Kier alpha value is -0.830. The molecule has 1 heterocycles. The molecule has 1 aliphatic carbocycles. The van der Waals surface area contributed by atoms with Crippen molar-refractivity contribution in [2.75, 3.05) is 6.54 Å². The molecule has 0 bridgehead atoms. The second-order valence-corrected chi connectivity index (χ2v) is 5.55. The largest absolute Gasteiger partial charge is 0.314 e. The Morgan fingerprint density at radius 3 is 2.89 bits per heavy atom. The van der Waals surface area contributed by atoms with Gasteiger partial charge in [-0.05, 0) is 56.6 Å². The van der Waals surface area contributed by atoms with E-state index in [1.165, 1.54) is 37.7 Å². The van der Waals surface area contributed by atoms with Gasteiger partial charge in [0.1, 0.15) is 0 Å². The molecule has 0 aromatic carbocycles. The van der Waals surface area contributed by atoms with Gasteiger partial charge >= 0.3 is 0 Å². The maximum Gasteiger partial charge on any atom is 0.0521 e. The fraction of sp³-hybridized carbons (Fsp3) is 0.800. The third kappa shape index (κ3) is 4.13. The average Bonchev–Trinajstić information content (AvgIpc) is 3.11. The van der Waals surface area contributed by atoms with Crippen LogP contribution >= 0.6 is 0 Å². The van der Waals surface area contributed by atoms with Crippen LogP contribution in [-0.2, 0) is 13.0 Å². The topological polar surface area (TPSA) is 29.9 Å². The lowest BCUT2D eigenvalue weighted by molar-refractivity contribution is 0.435. The van der Waals surface area contributed by atoms with Crippen molar-refractivity contribution in [2.24, 2.45) is 5.92 Å². The monoisotopic (exact) mass is 249 g/mol. The summed E-state index contributed by atoms with van der Waals surface area (Å²) in [5.41, 5.74) is 1.40. The summed E-state index contributed by atoms with van der Waals surface area (Å²) in [6.07, 6.45) is 11.9. The van der Waals surface area contributed by atoms with E-state index in [0.717, 1.165) is 31.5 Å². The highest BCUT2D eigenvalue weighted by Crippen LogP contribution is 2.34. The van der Waals surface area contributed by atoms with E-state index in [4.69, 9.17) is 0 Å². The Morgan fingerprint density at radius 1 is 1.39 bits per heavy atom. The molecule has 3 nitrogen and oxygen atoms in total. The van der Waals surface area contributed by atoms with Crippen LogP contribution in [0.1, 0.15) is 51.5 Å². The van der Waals surface area contributed by atoms with Crippen LogP contribution in [-0.4, -0.2) is 22.4 Å². The molecule has 0 radical (unpaired) electrons. The average molecular weight is 249 g/mol. The van der Waals surface area contributed by atoms with Crippen molar-refractivity contribution in [3.8, 4) is 0 Å². The van der Waals surface area contributed by atoms with Gasteiger partial charge in [-0.15, -0.1) is 0 Å². The summed E-state index contributed by atoms with van der Waals surface area (Å²) in [5, 5.41) is 8.11. The summed E-state index contributed by atoms with van der Waals surface area (Å²) in [5.74, 6) is 0.947. The molecule has 0 amide bonds. The van der Waals surface area contributed by atoms with Crippen LogP contribution < -0.4 is 5.32 Å². The van der Waals surface area contributed by atoms with Gasteiger partial charge in [0, 0.05) is 18.8 Å². The standard InChI is InChI=1S/C15H27N3/c1-3-9-16-15(14-6-7-14)8-5-13-11-17-18(12-13)10-4-2/h11-12,14-16H,3-10H2,1-2H3. The van der Waals surface area contributed by atoms with Crippen LogP contribution in [0.3, 0.4) is 0 Å². The van der Waals surface area contributed by atoms with Crippen molar-refractivity contribution < 1.29 is 0 Å². The summed E-state index contributed by atoms with van der Waals surface area (Å²) in [4.78, 5) is 0. The van der Waals surface area contributed by atoms with E-state index in [2.05, 4.69) is 35.1 Å². The molecule has 0 aliphatic heterocycles. The quantitative estimate of drug-likeness (QED) is 0.729. The Labute approximate surface area is 111 Å². The molecule has 1 aromatic heterocycles. The molecule has 0 spiro atoms. The van der Waals surface area contributed by atoms with Crippen LogP contribution in [0.5, 0.6) is 0 Å². The van der Waals surface area contributed by atoms with Crippen LogP contribution in [0.15, 0.2) is 12.4 Å². The molecular weight excluding hydrogens is 222 g/mol.